The Morgan fingerprint density at radius 3 is 2.65 bits per heavy atom. The topological polar surface area (TPSA) is 38.3 Å². The maximum Gasteiger partial charge on any atom is 0.265 e. The van der Waals surface area contributed by atoms with Gasteiger partial charge in [-0.05, 0) is 61.9 Å². The normalized spacial score (nSPS) is 11.8. The fourth-order valence-electron chi connectivity index (χ4n) is 2.25. The molecule has 0 radical (unpaired) electrons. The van der Waals surface area contributed by atoms with E-state index in [-0.39, 0.29) is 5.91 Å². The second-order valence-electron chi connectivity index (χ2n) is 5.43. The van der Waals surface area contributed by atoms with E-state index in [9.17, 15) is 4.79 Å². The lowest BCUT2D eigenvalue weighted by Crippen LogP contribution is -2.32. The molecule has 0 saturated carbocycles. The molecule has 122 valence electrons. The van der Waals surface area contributed by atoms with Gasteiger partial charge in [-0.3, -0.25) is 4.79 Å². The van der Waals surface area contributed by atoms with Crippen molar-refractivity contribution in [2.24, 2.45) is 0 Å². The number of rotatable bonds is 6. The fraction of sp³-hybridized carbons (Fsp3) is 0.316. The van der Waals surface area contributed by atoms with Gasteiger partial charge >= 0.3 is 0 Å². The number of hydrogen-bond acceptors (Lipinski definition) is 3. The van der Waals surface area contributed by atoms with Crippen molar-refractivity contribution < 1.29 is 9.53 Å². The van der Waals surface area contributed by atoms with E-state index >= 15 is 0 Å². The van der Waals surface area contributed by atoms with E-state index in [1.165, 1.54) is 0 Å². The van der Waals surface area contributed by atoms with Crippen LogP contribution in [0.5, 0.6) is 5.75 Å². The molecular formula is C19H23NO2S. The minimum atomic E-state index is -0.506. The summed E-state index contributed by atoms with van der Waals surface area (Å²) in [6.07, 6.45) is 2.12. The number of aryl methyl sites for hydroxylation is 1. The minimum absolute atomic E-state index is 0.119. The number of nitrogens with one attached hydrogen (secondary N) is 1. The zero-order valence-electron chi connectivity index (χ0n) is 14.1. The molecule has 0 saturated heterocycles. The second-order valence-corrected chi connectivity index (χ2v) is 6.31. The SMILES string of the molecule is CC[C@@H](Oc1cccc(C)c1C)C(=O)Nc1cccc(SC)c1. The van der Waals surface area contributed by atoms with Crippen LogP contribution in [0.3, 0.4) is 0 Å². The van der Waals surface area contributed by atoms with Crippen LogP contribution < -0.4 is 10.1 Å². The van der Waals surface area contributed by atoms with E-state index in [4.69, 9.17) is 4.74 Å². The van der Waals surface area contributed by atoms with Gasteiger partial charge in [0.15, 0.2) is 6.10 Å². The van der Waals surface area contributed by atoms with Gasteiger partial charge in [0, 0.05) is 10.6 Å². The highest BCUT2D eigenvalue weighted by molar-refractivity contribution is 7.98. The maximum atomic E-state index is 12.5. The summed E-state index contributed by atoms with van der Waals surface area (Å²) in [5, 5.41) is 2.94. The van der Waals surface area contributed by atoms with Crippen LogP contribution in [0.4, 0.5) is 5.69 Å². The summed E-state index contributed by atoms with van der Waals surface area (Å²) < 4.78 is 5.95. The Kier molecular flexibility index (Phi) is 6.11. The van der Waals surface area contributed by atoms with Crippen molar-refractivity contribution in [3.8, 4) is 5.75 Å². The van der Waals surface area contributed by atoms with Crippen LogP contribution in [0.1, 0.15) is 24.5 Å². The number of thioether (sulfide) groups is 1. The molecule has 0 spiro atoms. The van der Waals surface area contributed by atoms with Crippen LogP contribution in [0, 0.1) is 13.8 Å². The third-order valence-electron chi connectivity index (χ3n) is 3.82. The fourth-order valence-corrected chi connectivity index (χ4v) is 2.71. The molecule has 0 aliphatic rings. The first-order chi connectivity index (χ1) is 11.0. The quantitative estimate of drug-likeness (QED) is 0.772. The number of carbonyl (C=O) groups is 1. The first-order valence-corrected chi connectivity index (χ1v) is 8.95. The summed E-state index contributed by atoms with van der Waals surface area (Å²) in [4.78, 5) is 13.6. The summed E-state index contributed by atoms with van der Waals surface area (Å²) in [5.41, 5.74) is 3.03. The molecule has 0 aliphatic carbocycles. The molecule has 23 heavy (non-hydrogen) atoms. The van der Waals surface area contributed by atoms with Crippen LogP contribution in [-0.4, -0.2) is 18.3 Å². The lowest BCUT2D eigenvalue weighted by atomic mass is 10.1. The first kappa shape index (κ1) is 17.4. The highest BCUT2D eigenvalue weighted by atomic mass is 32.2. The molecule has 0 fully saturated rings. The van der Waals surface area contributed by atoms with Crippen molar-refractivity contribution in [2.75, 3.05) is 11.6 Å². The Hall–Kier alpha value is -1.94. The van der Waals surface area contributed by atoms with E-state index in [1.807, 2.05) is 69.5 Å². The van der Waals surface area contributed by atoms with Gasteiger partial charge < -0.3 is 10.1 Å². The molecule has 0 bridgehead atoms. The third-order valence-corrected chi connectivity index (χ3v) is 4.55. The molecule has 0 heterocycles. The Morgan fingerprint density at radius 2 is 1.96 bits per heavy atom. The van der Waals surface area contributed by atoms with Crippen LogP contribution >= 0.6 is 11.8 Å². The van der Waals surface area contributed by atoms with E-state index in [0.717, 1.165) is 27.5 Å². The Bertz CT molecular complexity index is 685. The number of benzene rings is 2. The number of amides is 1. The predicted octanol–water partition coefficient (Wildman–Crippen LogP) is 4.82. The average Bonchev–Trinajstić information content (AvgIpc) is 2.56. The lowest BCUT2D eigenvalue weighted by molar-refractivity contribution is -0.122. The third kappa shape index (κ3) is 4.52. The van der Waals surface area contributed by atoms with E-state index in [1.54, 1.807) is 11.8 Å². The van der Waals surface area contributed by atoms with Crippen molar-refractivity contribution in [1.29, 1.82) is 0 Å². The van der Waals surface area contributed by atoms with E-state index in [2.05, 4.69) is 5.32 Å². The second kappa shape index (κ2) is 8.06. The highest BCUT2D eigenvalue weighted by Crippen LogP contribution is 2.23. The molecule has 1 N–H and O–H groups in total. The molecular weight excluding hydrogens is 306 g/mol. The molecule has 4 heteroatoms. The molecule has 1 atom stereocenters. The number of ether oxygens (including phenoxy) is 1. The van der Waals surface area contributed by atoms with Crippen LogP contribution in [0.2, 0.25) is 0 Å². The molecule has 2 aromatic carbocycles. The lowest BCUT2D eigenvalue weighted by Gasteiger charge is -2.19. The van der Waals surface area contributed by atoms with Gasteiger partial charge in [0.2, 0.25) is 0 Å². The molecule has 2 rings (SSSR count). The average molecular weight is 329 g/mol. The monoisotopic (exact) mass is 329 g/mol. The number of anilines is 1. The Balaban J connectivity index is 2.10. The van der Waals surface area contributed by atoms with Crippen LogP contribution in [0.15, 0.2) is 47.4 Å². The highest BCUT2D eigenvalue weighted by Gasteiger charge is 2.19. The Morgan fingerprint density at radius 1 is 1.22 bits per heavy atom. The Labute approximate surface area is 142 Å². The van der Waals surface area contributed by atoms with Gasteiger partial charge in [-0.1, -0.05) is 25.1 Å². The smallest absolute Gasteiger partial charge is 0.265 e. The van der Waals surface area contributed by atoms with Crippen LogP contribution in [0.25, 0.3) is 0 Å². The summed E-state index contributed by atoms with van der Waals surface area (Å²) in [5.74, 6) is 0.650. The van der Waals surface area contributed by atoms with Gasteiger partial charge in [0.05, 0.1) is 0 Å². The predicted molar refractivity (Wildman–Crippen MR) is 97.5 cm³/mol. The van der Waals surface area contributed by atoms with E-state index < -0.39 is 6.10 Å². The molecule has 1 amide bonds. The van der Waals surface area contributed by atoms with Crippen molar-refractivity contribution in [3.05, 3.63) is 53.6 Å². The minimum Gasteiger partial charge on any atom is -0.480 e. The first-order valence-electron chi connectivity index (χ1n) is 7.73. The molecule has 0 aliphatic heterocycles. The summed E-state index contributed by atoms with van der Waals surface area (Å²) in [7, 11) is 0. The largest absolute Gasteiger partial charge is 0.480 e. The number of hydrogen-bond donors (Lipinski definition) is 1. The molecule has 2 aromatic rings. The van der Waals surface area contributed by atoms with Crippen molar-refractivity contribution in [2.45, 2.75) is 38.2 Å². The van der Waals surface area contributed by atoms with Gasteiger partial charge in [-0.2, -0.15) is 0 Å². The van der Waals surface area contributed by atoms with Crippen molar-refractivity contribution in [3.63, 3.8) is 0 Å². The maximum absolute atomic E-state index is 12.5. The van der Waals surface area contributed by atoms with Gasteiger partial charge in [-0.25, -0.2) is 0 Å². The zero-order chi connectivity index (χ0) is 16.8. The summed E-state index contributed by atoms with van der Waals surface area (Å²) in [6, 6.07) is 13.7. The van der Waals surface area contributed by atoms with E-state index in [0.29, 0.717) is 6.42 Å². The molecule has 0 unspecified atom stereocenters. The van der Waals surface area contributed by atoms with Crippen LogP contribution in [-0.2, 0) is 4.79 Å². The molecule has 3 nitrogen and oxygen atoms in total. The summed E-state index contributed by atoms with van der Waals surface area (Å²) in [6.45, 7) is 6.00. The van der Waals surface area contributed by atoms with Gasteiger partial charge in [0.25, 0.3) is 5.91 Å². The summed E-state index contributed by atoms with van der Waals surface area (Å²) >= 11 is 1.65. The number of carbonyl (C=O) groups excluding carboxylic acids is 1. The molecule has 0 aromatic heterocycles. The van der Waals surface area contributed by atoms with Crippen molar-refractivity contribution >= 4 is 23.4 Å². The van der Waals surface area contributed by atoms with Gasteiger partial charge in [0.1, 0.15) is 5.75 Å². The standard InChI is InChI=1S/C19H23NO2S/c1-5-17(22-18-11-6-8-13(2)14(18)3)19(21)20-15-9-7-10-16(12-15)23-4/h6-12,17H,5H2,1-4H3,(H,20,21)/t17-/m1/s1. The van der Waals surface area contributed by atoms with Crippen molar-refractivity contribution in [1.82, 2.24) is 0 Å². The van der Waals surface area contributed by atoms with Gasteiger partial charge in [-0.15, -0.1) is 11.8 Å². The zero-order valence-corrected chi connectivity index (χ0v) is 14.9.